The van der Waals surface area contributed by atoms with Crippen LogP contribution in [0.4, 0.5) is 0 Å². The monoisotopic (exact) mass is 345 g/mol. The van der Waals surface area contributed by atoms with E-state index in [-0.39, 0.29) is 24.3 Å². The van der Waals surface area contributed by atoms with Crippen molar-refractivity contribution in [2.75, 3.05) is 33.3 Å². The van der Waals surface area contributed by atoms with Gasteiger partial charge in [-0.15, -0.1) is 0 Å². The molecule has 1 atom stereocenters. The van der Waals surface area contributed by atoms with Crippen molar-refractivity contribution in [3.8, 4) is 5.75 Å². The van der Waals surface area contributed by atoms with Crippen molar-refractivity contribution in [1.29, 1.82) is 0 Å². The molecule has 0 radical (unpaired) electrons. The van der Waals surface area contributed by atoms with E-state index in [2.05, 4.69) is 10.2 Å². The van der Waals surface area contributed by atoms with Gasteiger partial charge in [0.2, 0.25) is 11.8 Å². The fourth-order valence-corrected chi connectivity index (χ4v) is 3.41. The van der Waals surface area contributed by atoms with Crippen LogP contribution in [0.1, 0.15) is 37.8 Å². The summed E-state index contributed by atoms with van der Waals surface area (Å²) >= 11 is 0. The maximum atomic E-state index is 12.7. The molecule has 1 N–H and O–H groups in total. The standard InChI is InChI=1S/C19H27N3O3/c1-14(23)20-18(15-3-7-17(25-2)8-4-15)13-19(24)22-11-9-21(10-12-22)16-5-6-16/h3-4,7-8,16,18H,5-6,9-13H2,1-2H3,(H,20,23). The highest BCUT2D eigenvalue weighted by atomic mass is 16.5. The van der Waals surface area contributed by atoms with E-state index in [1.807, 2.05) is 29.2 Å². The van der Waals surface area contributed by atoms with Crippen molar-refractivity contribution >= 4 is 11.8 Å². The molecule has 3 rings (SSSR count). The summed E-state index contributed by atoms with van der Waals surface area (Å²) in [6, 6.07) is 7.95. The molecule has 0 spiro atoms. The summed E-state index contributed by atoms with van der Waals surface area (Å²) in [5.74, 6) is 0.727. The minimum Gasteiger partial charge on any atom is -0.497 e. The molecule has 1 aromatic rings. The smallest absolute Gasteiger partial charge is 0.225 e. The van der Waals surface area contributed by atoms with Crippen LogP contribution in [0.15, 0.2) is 24.3 Å². The molecule has 1 saturated heterocycles. The Bertz CT molecular complexity index is 605. The van der Waals surface area contributed by atoms with Crippen LogP contribution in [0.5, 0.6) is 5.75 Å². The van der Waals surface area contributed by atoms with Gasteiger partial charge in [-0.1, -0.05) is 12.1 Å². The topological polar surface area (TPSA) is 61.9 Å². The van der Waals surface area contributed by atoms with E-state index < -0.39 is 0 Å². The van der Waals surface area contributed by atoms with Gasteiger partial charge in [-0.2, -0.15) is 0 Å². The summed E-state index contributed by atoms with van der Waals surface area (Å²) in [5.41, 5.74) is 0.918. The molecule has 1 saturated carbocycles. The largest absolute Gasteiger partial charge is 0.497 e. The lowest BCUT2D eigenvalue weighted by atomic mass is 10.0. The average Bonchev–Trinajstić information content (AvgIpc) is 3.46. The Morgan fingerprint density at radius 2 is 1.80 bits per heavy atom. The van der Waals surface area contributed by atoms with Crippen LogP contribution in [0.25, 0.3) is 0 Å². The van der Waals surface area contributed by atoms with Crippen LogP contribution >= 0.6 is 0 Å². The lowest BCUT2D eigenvalue weighted by Crippen LogP contribution is -2.50. The van der Waals surface area contributed by atoms with Gasteiger partial charge in [-0.25, -0.2) is 0 Å². The van der Waals surface area contributed by atoms with Crippen LogP contribution in [0, 0.1) is 0 Å². The number of amides is 2. The van der Waals surface area contributed by atoms with E-state index in [4.69, 9.17) is 4.74 Å². The van der Waals surface area contributed by atoms with Crippen LogP contribution in [-0.4, -0.2) is 60.9 Å². The van der Waals surface area contributed by atoms with Gasteiger partial charge in [0.15, 0.2) is 0 Å². The van der Waals surface area contributed by atoms with Crippen molar-refractivity contribution in [2.24, 2.45) is 0 Å². The molecule has 1 aromatic carbocycles. The number of rotatable bonds is 6. The van der Waals surface area contributed by atoms with Gasteiger partial charge in [0.25, 0.3) is 0 Å². The Morgan fingerprint density at radius 1 is 1.16 bits per heavy atom. The molecule has 2 aliphatic rings. The van der Waals surface area contributed by atoms with E-state index in [1.165, 1.54) is 19.8 Å². The summed E-state index contributed by atoms with van der Waals surface area (Å²) in [6.07, 6.45) is 2.89. The van der Waals surface area contributed by atoms with Crippen molar-refractivity contribution in [3.05, 3.63) is 29.8 Å². The molecule has 1 unspecified atom stereocenters. The van der Waals surface area contributed by atoms with Crippen LogP contribution in [-0.2, 0) is 9.59 Å². The van der Waals surface area contributed by atoms with Gasteiger partial charge in [0.1, 0.15) is 5.75 Å². The molecule has 2 amide bonds. The highest BCUT2D eigenvalue weighted by molar-refractivity contribution is 5.79. The quantitative estimate of drug-likeness (QED) is 0.850. The van der Waals surface area contributed by atoms with Crippen LogP contribution < -0.4 is 10.1 Å². The summed E-state index contributed by atoms with van der Waals surface area (Å²) in [5, 5.41) is 2.90. The number of nitrogens with zero attached hydrogens (tertiary/aromatic N) is 2. The Labute approximate surface area is 149 Å². The number of nitrogens with one attached hydrogen (secondary N) is 1. The first-order chi connectivity index (χ1) is 12.1. The van der Waals surface area contributed by atoms with Gasteiger partial charge < -0.3 is 15.0 Å². The molecule has 1 aliphatic carbocycles. The van der Waals surface area contributed by atoms with Crippen molar-refractivity contribution in [2.45, 2.75) is 38.3 Å². The molecule has 1 heterocycles. The number of carbonyl (C=O) groups excluding carboxylic acids is 2. The molecular formula is C19H27N3O3. The Morgan fingerprint density at radius 3 is 2.32 bits per heavy atom. The predicted octanol–water partition coefficient (Wildman–Crippen LogP) is 1.57. The average molecular weight is 345 g/mol. The first-order valence-corrected chi connectivity index (χ1v) is 8.99. The lowest BCUT2D eigenvalue weighted by Gasteiger charge is -2.35. The van der Waals surface area contributed by atoms with E-state index >= 15 is 0 Å². The highest BCUT2D eigenvalue weighted by Gasteiger charge is 2.32. The molecule has 2 fully saturated rings. The van der Waals surface area contributed by atoms with Gasteiger partial charge in [-0.3, -0.25) is 14.5 Å². The van der Waals surface area contributed by atoms with Crippen molar-refractivity contribution < 1.29 is 14.3 Å². The van der Waals surface area contributed by atoms with Gasteiger partial charge in [-0.05, 0) is 30.5 Å². The first kappa shape index (κ1) is 17.7. The van der Waals surface area contributed by atoms with Gasteiger partial charge in [0, 0.05) is 39.1 Å². The molecular weight excluding hydrogens is 318 g/mol. The van der Waals surface area contributed by atoms with Crippen molar-refractivity contribution in [3.63, 3.8) is 0 Å². The minimum atomic E-state index is -0.308. The maximum absolute atomic E-state index is 12.7. The molecule has 25 heavy (non-hydrogen) atoms. The highest BCUT2D eigenvalue weighted by Crippen LogP contribution is 2.28. The number of hydrogen-bond acceptors (Lipinski definition) is 4. The first-order valence-electron chi connectivity index (χ1n) is 8.99. The third kappa shape index (κ3) is 4.72. The molecule has 6 nitrogen and oxygen atoms in total. The number of benzene rings is 1. The number of piperazine rings is 1. The zero-order valence-electron chi connectivity index (χ0n) is 15.0. The second-order valence-electron chi connectivity index (χ2n) is 6.88. The fraction of sp³-hybridized carbons (Fsp3) is 0.579. The molecule has 6 heteroatoms. The van der Waals surface area contributed by atoms with Gasteiger partial charge in [0.05, 0.1) is 19.6 Å². The molecule has 1 aliphatic heterocycles. The minimum absolute atomic E-state index is 0.102. The van der Waals surface area contributed by atoms with Crippen LogP contribution in [0.3, 0.4) is 0 Å². The third-order valence-electron chi connectivity index (χ3n) is 5.00. The van der Waals surface area contributed by atoms with E-state index in [0.717, 1.165) is 43.5 Å². The molecule has 0 bridgehead atoms. The van der Waals surface area contributed by atoms with E-state index in [0.29, 0.717) is 0 Å². The Kier molecular flexibility index (Phi) is 5.58. The molecule has 0 aromatic heterocycles. The predicted molar refractivity (Wildman–Crippen MR) is 95.3 cm³/mol. The zero-order valence-corrected chi connectivity index (χ0v) is 15.0. The number of methoxy groups -OCH3 is 1. The number of ether oxygens (including phenoxy) is 1. The summed E-state index contributed by atoms with van der Waals surface area (Å²) in [4.78, 5) is 28.7. The normalized spacial score (nSPS) is 19.4. The SMILES string of the molecule is COc1ccc(C(CC(=O)N2CCN(C3CC3)CC2)NC(C)=O)cc1. The van der Waals surface area contributed by atoms with E-state index in [9.17, 15) is 9.59 Å². The zero-order chi connectivity index (χ0) is 17.8. The third-order valence-corrected chi connectivity index (χ3v) is 5.00. The number of carbonyl (C=O) groups is 2. The second-order valence-corrected chi connectivity index (χ2v) is 6.88. The maximum Gasteiger partial charge on any atom is 0.225 e. The number of hydrogen-bond donors (Lipinski definition) is 1. The van der Waals surface area contributed by atoms with Crippen LogP contribution in [0.2, 0.25) is 0 Å². The van der Waals surface area contributed by atoms with Gasteiger partial charge >= 0.3 is 0 Å². The van der Waals surface area contributed by atoms with E-state index in [1.54, 1.807) is 7.11 Å². The Balaban J connectivity index is 1.60. The second kappa shape index (κ2) is 7.87. The lowest BCUT2D eigenvalue weighted by molar-refractivity contribution is -0.133. The fourth-order valence-electron chi connectivity index (χ4n) is 3.41. The summed E-state index contributed by atoms with van der Waals surface area (Å²) in [6.45, 7) is 4.97. The summed E-state index contributed by atoms with van der Waals surface area (Å²) in [7, 11) is 1.62. The van der Waals surface area contributed by atoms with Crippen molar-refractivity contribution in [1.82, 2.24) is 15.1 Å². The Hall–Kier alpha value is -2.08. The molecule has 136 valence electrons. The summed E-state index contributed by atoms with van der Waals surface area (Å²) < 4.78 is 5.17.